The first kappa shape index (κ1) is 18.1. The normalized spacial score (nSPS) is 14.4. The highest BCUT2D eigenvalue weighted by Gasteiger charge is 2.29. The summed E-state index contributed by atoms with van der Waals surface area (Å²) in [6.45, 7) is 6.06. The fourth-order valence-corrected chi connectivity index (χ4v) is 4.99. The molecule has 0 aromatic carbocycles. The van der Waals surface area contributed by atoms with Crippen LogP contribution in [0, 0.1) is 0 Å². The van der Waals surface area contributed by atoms with Crippen LogP contribution in [-0.2, 0) is 28.9 Å². The molecule has 0 atom stereocenters. The summed E-state index contributed by atoms with van der Waals surface area (Å²) in [5, 5.41) is 5.50. The summed E-state index contributed by atoms with van der Waals surface area (Å²) < 4.78 is 4.97. The van der Waals surface area contributed by atoms with Gasteiger partial charge in [-0.2, -0.15) is 0 Å². The lowest BCUT2D eigenvalue weighted by Crippen LogP contribution is -2.35. The molecular formula is C18H22N2O3S2. The number of hydrogen-bond donors (Lipinski definition) is 1. The van der Waals surface area contributed by atoms with Crippen molar-refractivity contribution >= 4 is 39.6 Å². The summed E-state index contributed by atoms with van der Waals surface area (Å²) >= 11 is 3.05. The molecule has 1 amide bonds. The van der Waals surface area contributed by atoms with E-state index >= 15 is 0 Å². The lowest BCUT2D eigenvalue weighted by molar-refractivity contribution is -0.115. The second-order valence-electron chi connectivity index (χ2n) is 6.32. The molecule has 7 heteroatoms. The average Bonchev–Trinajstić information content (AvgIpc) is 3.20. The highest BCUT2D eigenvalue weighted by molar-refractivity contribution is 7.17. The largest absolute Gasteiger partial charge is 0.465 e. The topological polar surface area (TPSA) is 58.6 Å². The van der Waals surface area contributed by atoms with Crippen molar-refractivity contribution in [2.75, 3.05) is 19.0 Å². The molecule has 0 saturated carbocycles. The molecule has 1 aliphatic heterocycles. The molecule has 134 valence electrons. The number of thiophene rings is 2. The van der Waals surface area contributed by atoms with E-state index in [0.717, 1.165) is 34.8 Å². The van der Waals surface area contributed by atoms with Crippen LogP contribution in [0.5, 0.6) is 0 Å². The van der Waals surface area contributed by atoms with Gasteiger partial charge in [-0.1, -0.05) is 6.07 Å². The van der Waals surface area contributed by atoms with Crippen LogP contribution in [0.25, 0.3) is 0 Å². The van der Waals surface area contributed by atoms with Crippen LogP contribution < -0.4 is 5.32 Å². The third-order valence-electron chi connectivity index (χ3n) is 4.37. The molecular weight excluding hydrogens is 356 g/mol. The van der Waals surface area contributed by atoms with Crippen molar-refractivity contribution in [3.8, 4) is 0 Å². The second-order valence-corrected chi connectivity index (χ2v) is 8.46. The molecule has 2 aromatic heterocycles. The number of rotatable bonds is 5. The maximum absolute atomic E-state index is 12.4. The zero-order valence-corrected chi connectivity index (χ0v) is 16.3. The Labute approximate surface area is 155 Å². The minimum atomic E-state index is -0.373. The van der Waals surface area contributed by atoms with Gasteiger partial charge >= 0.3 is 5.97 Å². The van der Waals surface area contributed by atoms with Crippen molar-refractivity contribution in [3.63, 3.8) is 0 Å². The van der Waals surface area contributed by atoms with Gasteiger partial charge in [-0.3, -0.25) is 9.69 Å². The Morgan fingerprint density at radius 1 is 1.40 bits per heavy atom. The van der Waals surface area contributed by atoms with Gasteiger partial charge in [-0.05, 0) is 37.3 Å². The van der Waals surface area contributed by atoms with E-state index in [1.54, 1.807) is 11.3 Å². The van der Waals surface area contributed by atoms with Crippen molar-refractivity contribution in [3.05, 3.63) is 38.4 Å². The van der Waals surface area contributed by atoms with E-state index in [9.17, 15) is 9.59 Å². The van der Waals surface area contributed by atoms with Crippen LogP contribution in [0.4, 0.5) is 5.00 Å². The van der Waals surface area contributed by atoms with Crippen LogP contribution in [0.1, 0.15) is 39.5 Å². The standard InChI is InChI=1S/C18H22N2O3S2/c1-11(2)20-7-6-13-14(10-20)25-17(16(13)18(22)23-3)19-15(21)9-12-5-4-8-24-12/h4-5,8,11H,6-7,9-10H2,1-3H3,(H,19,21). The molecule has 0 spiro atoms. The first-order chi connectivity index (χ1) is 12.0. The Morgan fingerprint density at radius 3 is 2.84 bits per heavy atom. The number of fused-ring (bicyclic) bond motifs is 1. The molecule has 0 aliphatic carbocycles. The maximum Gasteiger partial charge on any atom is 0.341 e. The first-order valence-electron chi connectivity index (χ1n) is 8.28. The van der Waals surface area contributed by atoms with Crippen molar-refractivity contribution in [1.82, 2.24) is 4.90 Å². The van der Waals surface area contributed by atoms with Crippen LogP contribution in [-0.4, -0.2) is 36.5 Å². The van der Waals surface area contributed by atoms with E-state index in [1.807, 2.05) is 17.5 Å². The van der Waals surface area contributed by atoms with Crippen molar-refractivity contribution < 1.29 is 14.3 Å². The minimum absolute atomic E-state index is 0.105. The smallest absolute Gasteiger partial charge is 0.341 e. The Kier molecular flexibility index (Phi) is 5.56. The molecule has 0 bridgehead atoms. The predicted molar refractivity (Wildman–Crippen MR) is 102 cm³/mol. The Hall–Kier alpha value is -1.70. The Bertz CT molecular complexity index is 766. The van der Waals surface area contributed by atoms with E-state index < -0.39 is 0 Å². The summed E-state index contributed by atoms with van der Waals surface area (Å²) in [5.41, 5.74) is 1.56. The molecule has 3 rings (SSSR count). The lowest BCUT2D eigenvalue weighted by atomic mass is 10.0. The lowest BCUT2D eigenvalue weighted by Gasteiger charge is -2.30. The summed E-state index contributed by atoms with van der Waals surface area (Å²) in [7, 11) is 1.38. The van der Waals surface area contributed by atoms with Gasteiger partial charge in [-0.25, -0.2) is 4.79 Å². The van der Waals surface area contributed by atoms with Crippen molar-refractivity contribution in [1.29, 1.82) is 0 Å². The quantitative estimate of drug-likeness (QED) is 0.809. The van der Waals surface area contributed by atoms with Crippen LogP contribution >= 0.6 is 22.7 Å². The molecule has 0 fully saturated rings. The van der Waals surface area contributed by atoms with Gasteiger partial charge in [0.2, 0.25) is 5.91 Å². The predicted octanol–water partition coefficient (Wildman–Crippen LogP) is 3.54. The summed E-state index contributed by atoms with van der Waals surface area (Å²) in [4.78, 5) is 29.2. The fourth-order valence-electron chi connectivity index (χ4n) is 3.01. The third kappa shape index (κ3) is 3.94. The molecule has 3 heterocycles. The number of amides is 1. The van der Waals surface area contributed by atoms with Gasteiger partial charge < -0.3 is 10.1 Å². The highest BCUT2D eigenvalue weighted by Crippen LogP contribution is 2.38. The molecule has 5 nitrogen and oxygen atoms in total. The van der Waals surface area contributed by atoms with E-state index in [0.29, 0.717) is 23.0 Å². The summed E-state index contributed by atoms with van der Waals surface area (Å²) in [6, 6.07) is 4.32. The average molecular weight is 379 g/mol. The zero-order valence-electron chi connectivity index (χ0n) is 14.6. The van der Waals surface area contributed by atoms with Crippen molar-refractivity contribution in [2.24, 2.45) is 0 Å². The van der Waals surface area contributed by atoms with Gasteiger partial charge in [0.25, 0.3) is 0 Å². The monoisotopic (exact) mass is 378 g/mol. The molecule has 0 saturated heterocycles. The van der Waals surface area contributed by atoms with Gasteiger partial charge in [-0.15, -0.1) is 22.7 Å². The van der Waals surface area contributed by atoms with Crippen LogP contribution in [0.3, 0.4) is 0 Å². The van der Waals surface area contributed by atoms with Crippen molar-refractivity contribution in [2.45, 2.75) is 39.3 Å². The maximum atomic E-state index is 12.4. The van der Waals surface area contributed by atoms with E-state index in [1.165, 1.54) is 18.4 Å². The molecule has 1 aliphatic rings. The SMILES string of the molecule is COC(=O)c1c(NC(=O)Cc2cccs2)sc2c1CCN(C(C)C)C2. The zero-order chi connectivity index (χ0) is 18.0. The summed E-state index contributed by atoms with van der Waals surface area (Å²) in [5.74, 6) is -0.478. The first-order valence-corrected chi connectivity index (χ1v) is 9.98. The van der Waals surface area contributed by atoms with E-state index in [2.05, 4.69) is 24.1 Å². The van der Waals surface area contributed by atoms with E-state index in [4.69, 9.17) is 4.74 Å². The summed E-state index contributed by atoms with van der Waals surface area (Å²) in [6.07, 6.45) is 1.12. The number of nitrogens with zero attached hydrogens (tertiary/aromatic N) is 1. The van der Waals surface area contributed by atoms with Crippen LogP contribution in [0.2, 0.25) is 0 Å². The number of methoxy groups -OCH3 is 1. The Balaban J connectivity index is 1.85. The number of esters is 1. The number of carbonyl (C=O) groups excluding carboxylic acids is 2. The number of carbonyl (C=O) groups is 2. The number of ether oxygens (including phenoxy) is 1. The molecule has 0 unspecified atom stereocenters. The number of hydrogen-bond acceptors (Lipinski definition) is 6. The second kappa shape index (κ2) is 7.68. The molecule has 2 aromatic rings. The fraction of sp³-hybridized carbons (Fsp3) is 0.444. The molecule has 25 heavy (non-hydrogen) atoms. The highest BCUT2D eigenvalue weighted by atomic mass is 32.1. The number of nitrogens with one attached hydrogen (secondary N) is 1. The third-order valence-corrected chi connectivity index (χ3v) is 6.38. The molecule has 0 radical (unpaired) electrons. The van der Waals surface area contributed by atoms with E-state index in [-0.39, 0.29) is 11.9 Å². The molecule has 1 N–H and O–H groups in total. The van der Waals surface area contributed by atoms with Gasteiger partial charge in [0.1, 0.15) is 5.00 Å². The Morgan fingerprint density at radius 2 is 2.20 bits per heavy atom. The van der Waals surface area contributed by atoms with Crippen LogP contribution in [0.15, 0.2) is 17.5 Å². The van der Waals surface area contributed by atoms with Gasteiger partial charge in [0, 0.05) is 28.9 Å². The van der Waals surface area contributed by atoms with Gasteiger partial charge in [0.05, 0.1) is 19.1 Å². The minimum Gasteiger partial charge on any atom is -0.465 e. The van der Waals surface area contributed by atoms with Gasteiger partial charge in [0.15, 0.2) is 0 Å². The number of anilines is 1.